The number of ether oxygens (including phenoxy) is 4. The van der Waals surface area contributed by atoms with Gasteiger partial charge in [0.25, 0.3) is 0 Å². The number of aliphatic hydroxyl groups is 2. The average molecular weight is 785 g/mol. The molecule has 4 aromatic carbocycles. The summed E-state index contributed by atoms with van der Waals surface area (Å²) < 4.78 is 23.6. The first-order valence-corrected chi connectivity index (χ1v) is 18.2. The molecule has 2 atom stereocenters. The maximum absolute atomic E-state index is 10.8. The van der Waals surface area contributed by atoms with E-state index in [1.165, 1.54) is 7.11 Å². The van der Waals surface area contributed by atoms with Crippen molar-refractivity contribution in [3.63, 3.8) is 0 Å². The molecule has 5 N–H and O–H groups in total. The number of carboxylic acid groups (broad SMARTS) is 2. The minimum atomic E-state index is -1.07. The first kappa shape index (κ1) is 42.2. The fourth-order valence-electron chi connectivity index (χ4n) is 6.14. The normalized spacial score (nSPS) is 12.2. The fourth-order valence-corrected chi connectivity index (χ4v) is 6.62. The second-order valence-corrected chi connectivity index (χ2v) is 13.8. The van der Waals surface area contributed by atoms with Crippen LogP contribution in [-0.2, 0) is 35.8 Å². The number of carbonyl (C=O) groups is 2. The highest BCUT2D eigenvalue weighted by atomic mass is 35.5. The largest absolute Gasteiger partial charge is 0.496 e. The Hall–Kier alpha value is -4.52. The summed E-state index contributed by atoms with van der Waals surface area (Å²) in [4.78, 5) is 21.7. The van der Waals surface area contributed by atoms with Crippen LogP contribution in [0.15, 0.2) is 60.7 Å². The number of methoxy groups -OCH3 is 2. The van der Waals surface area contributed by atoms with Crippen molar-refractivity contribution in [3.05, 3.63) is 104 Å². The van der Waals surface area contributed by atoms with E-state index < -0.39 is 24.1 Å². The van der Waals surface area contributed by atoms with Gasteiger partial charge in [-0.05, 0) is 84.2 Å². The van der Waals surface area contributed by atoms with Gasteiger partial charge in [0.2, 0.25) is 0 Å². The van der Waals surface area contributed by atoms with Crippen molar-refractivity contribution in [1.82, 2.24) is 5.32 Å². The molecule has 0 aliphatic rings. The lowest BCUT2D eigenvalue weighted by molar-refractivity contribution is -0.140. The highest BCUT2D eigenvalue weighted by molar-refractivity contribution is 6.32. The van der Waals surface area contributed by atoms with Crippen LogP contribution < -0.4 is 24.3 Å². The summed E-state index contributed by atoms with van der Waals surface area (Å²) in [5.74, 6) is -0.0539. The molecule has 0 saturated heterocycles. The highest BCUT2D eigenvalue weighted by Gasteiger charge is 2.17. The maximum Gasteiger partial charge on any atom is 0.306 e. The minimum absolute atomic E-state index is 0.0994. The number of carboxylic acids is 2. The Morgan fingerprint density at radius 3 is 1.67 bits per heavy atom. The van der Waals surface area contributed by atoms with Crippen LogP contribution in [0.4, 0.5) is 0 Å². The lowest BCUT2D eigenvalue weighted by atomic mass is 9.92. The summed E-state index contributed by atoms with van der Waals surface area (Å²) >= 11 is 13.2. The molecule has 4 rings (SSSR count). The predicted octanol–water partition coefficient (Wildman–Crippen LogP) is 7.54. The molecule has 290 valence electrons. The van der Waals surface area contributed by atoms with E-state index in [2.05, 4.69) is 24.4 Å². The summed E-state index contributed by atoms with van der Waals surface area (Å²) in [5, 5.41) is 41.3. The van der Waals surface area contributed by atoms with E-state index in [1.807, 2.05) is 31.2 Å². The third kappa shape index (κ3) is 11.7. The first-order valence-electron chi connectivity index (χ1n) is 17.5. The van der Waals surface area contributed by atoms with Crippen molar-refractivity contribution in [2.24, 2.45) is 0 Å². The number of benzene rings is 4. The second kappa shape index (κ2) is 20.2. The van der Waals surface area contributed by atoms with E-state index in [4.69, 9.17) is 52.4 Å². The summed E-state index contributed by atoms with van der Waals surface area (Å²) in [7, 11) is 3.10. The standard InChI is InChI=1S/C41H47Cl2NO10/c1-24-27(22-53-38-18-36(51-3)26(14-34(38)42)8-5-11-30(45)16-40(47)48)9-6-12-32(24)33-13-7-10-28(25(33)2)23-54-39-19-37(52-4)29(15-35(39)43)20-44-21-31(46)17-41(49)50/h6-7,9-10,12-15,18-19,30-31,44-46H,5,8,11,16-17,20-23H2,1-4H3,(H,47,48)(H,49,50)/t30-,31+/m1/s1. The monoisotopic (exact) mass is 783 g/mol. The number of aliphatic carboxylic acids is 2. The van der Waals surface area contributed by atoms with Crippen LogP contribution in [0.25, 0.3) is 11.1 Å². The molecule has 0 unspecified atom stereocenters. The molecule has 0 aromatic heterocycles. The molecular formula is C41H47Cl2NO10. The van der Waals surface area contributed by atoms with Crippen LogP contribution >= 0.6 is 23.2 Å². The van der Waals surface area contributed by atoms with E-state index in [1.54, 1.807) is 31.4 Å². The van der Waals surface area contributed by atoms with E-state index in [-0.39, 0.29) is 32.6 Å². The van der Waals surface area contributed by atoms with Crippen LogP contribution in [0.3, 0.4) is 0 Å². The second-order valence-electron chi connectivity index (χ2n) is 13.0. The summed E-state index contributed by atoms with van der Waals surface area (Å²) in [5.41, 5.74) is 7.70. The lowest BCUT2D eigenvalue weighted by Crippen LogP contribution is -2.28. The highest BCUT2D eigenvalue weighted by Crippen LogP contribution is 2.37. The van der Waals surface area contributed by atoms with Gasteiger partial charge in [-0.2, -0.15) is 0 Å². The van der Waals surface area contributed by atoms with Gasteiger partial charge >= 0.3 is 11.9 Å². The van der Waals surface area contributed by atoms with Gasteiger partial charge in [0.05, 0.1) is 49.3 Å². The molecule has 13 heteroatoms. The quantitative estimate of drug-likeness (QED) is 0.0567. The zero-order valence-electron chi connectivity index (χ0n) is 30.8. The van der Waals surface area contributed by atoms with Crippen molar-refractivity contribution >= 4 is 35.1 Å². The van der Waals surface area contributed by atoms with Gasteiger partial charge in [-0.25, -0.2) is 0 Å². The number of hydrogen-bond donors (Lipinski definition) is 5. The topological polar surface area (TPSA) is 164 Å². The van der Waals surface area contributed by atoms with Gasteiger partial charge in [-0.15, -0.1) is 0 Å². The first-order chi connectivity index (χ1) is 25.8. The van der Waals surface area contributed by atoms with Gasteiger partial charge in [0.1, 0.15) is 36.2 Å². The summed E-state index contributed by atoms with van der Waals surface area (Å²) in [6, 6.07) is 19.1. The smallest absolute Gasteiger partial charge is 0.306 e. The van der Waals surface area contributed by atoms with Crippen LogP contribution in [0.2, 0.25) is 10.0 Å². The van der Waals surface area contributed by atoms with Crippen molar-refractivity contribution in [3.8, 4) is 34.1 Å². The van der Waals surface area contributed by atoms with Gasteiger partial charge in [-0.1, -0.05) is 59.6 Å². The molecule has 0 radical (unpaired) electrons. The lowest BCUT2D eigenvalue weighted by Gasteiger charge is -2.18. The molecule has 0 amide bonds. The van der Waals surface area contributed by atoms with E-state index in [0.29, 0.717) is 58.9 Å². The molecular weight excluding hydrogens is 737 g/mol. The van der Waals surface area contributed by atoms with Crippen LogP contribution in [0, 0.1) is 13.8 Å². The van der Waals surface area contributed by atoms with Crippen LogP contribution in [0.1, 0.15) is 59.1 Å². The van der Waals surface area contributed by atoms with Crippen LogP contribution in [-0.4, -0.2) is 65.3 Å². The summed E-state index contributed by atoms with van der Waals surface area (Å²) in [6.45, 7) is 5.02. The minimum Gasteiger partial charge on any atom is -0.496 e. The molecule has 0 spiro atoms. The number of rotatable bonds is 21. The van der Waals surface area contributed by atoms with Gasteiger partial charge in [0, 0.05) is 30.8 Å². The zero-order chi connectivity index (χ0) is 39.4. The molecule has 54 heavy (non-hydrogen) atoms. The fraction of sp³-hybridized carbons (Fsp3) is 0.366. The Morgan fingerprint density at radius 1 is 0.685 bits per heavy atom. The number of halogens is 2. The molecule has 0 aliphatic carbocycles. The third-order valence-electron chi connectivity index (χ3n) is 9.12. The molecule has 0 aliphatic heterocycles. The van der Waals surface area contributed by atoms with E-state index in [9.17, 15) is 19.8 Å². The predicted molar refractivity (Wildman–Crippen MR) is 207 cm³/mol. The van der Waals surface area contributed by atoms with Crippen molar-refractivity contribution in [2.75, 3.05) is 20.8 Å². The zero-order valence-corrected chi connectivity index (χ0v) is 32.3. The van der Waals surface area contributed by atoms with Gasteiger partial charge < -0.3 is 44.7 Å². The Balaban J connectivity index is 1.43. The Morgan fingerprint density at radius 2 is 1.17 bits per heavy atom. The third-order valence-corrected chi connectivity index (χ3v) is 9.71. The van der Waals surface area contributed by atoms with Crippen molar-refractivity contribution in [1.29, 1.82) is 0 Å². The molecule has 11 nitrogen and oxygen atoms in total. The van der Waals surface area contributed by atoms with Crippen molar-refractivity contribution < 1.29 is 49.0 Å². The van der Waals surface area contributed by atoms with Gasteiger partial charge in [-0.3, -0.25) is 9.59 Å². The van der Waals surface area contributed by atoms with Crippen LogP contribution in [0.5, 0.6) is 23.0 Å². The van der Waals surface area contributed by atoms with E-state index >= 15 is 0 Å². The number of aryl methyl sites for hydroxylation is 1. The molecule has 0 heterocycles. The molecule has 0 bridgehead atoms. The number of hydrogen-bond acceptors (Lipinski definition) is 9. The SMILES string of the molecule is COc1cc(OCc2cccc(-c3cccc(COc4cc(OC)c(CNC[C@@H](O)CC(=O)O)cc4Cl)c3C)c2C)c(Cl)cc1CCC[C@@H](O)CC(=O)O. The molecule has 0 saturated carbocycles. The van der Waals surface area contributed by atoms with E-state index in [0.717, 1.165) is 44.5 Å². The molecule has 0 fully saturated rings. The Bertz CT molecular complexity index is 1780. The Labute approximate surface area is 325 Å². The van der Waals surface area contributed by atoms with Crippen molar-refractivity contribution in [2.45, 2.75) is 77.9 Å². The van der Waals surface area contributed by atoms with Gasteiger partial charge in [0.15, 0.2) is 0 Å². The number of nitrogens with one attached hydrogen (secondary N) is 1. The Kier molecular flexibility index (Phi) is 15.8. The molecule has 4 aromatic rings. The summed E-state index contributed by atoms with van der Waals surface area (Å²) in [6.07, 6.45) is -1.09. The average Bonchev–Trinajstić information content (AvgIpc) is 3.11. The maximum atomic E-state index is 10.8. The number of aliphatic hydroxyl groups excluding tert-OH is 2.